The van der Waals surface area contributed by atoms with Crippen LogP contribution in [0.4, 0.5) is 5.69 Å². The summed E-state index contributed by atoms with van der Waals surface area (Å²) in [5.41, 5.74) is 4.18. The van der Waals surface area contributed by atoms with Crippen LogP contribution in [0.3, 0.4) is 0 Å². The first kappa shape index (κ1) is 22.7. The SMILES string of the molecule is O=C(O)CCCC=C(c1ccc(NC(=O)C2(c3ccc(Cl)cc3)CC2)cc1)c1cccnc1. The van der Waals surface area contributed by atoms with Crippen molar-refractivity contribution in [3.8, 4) is 0 Å². The summed E-state index contributed by atoms with van der Waals surface area (Å²) in [6.07, 6.45) is 8.56. The lowest BCUT2D eigenvalue weighted by Crippen LogP contribution is -2.27. The van der Waals surface area contributed by atoms with Crippen LogP contribution >= 0.6 is 11.6 Å². The molecule has 0 spiro atoms. The lowest BCUT2D eigenvalue weighted by atomic mass is 9.94. The molecule has 1 saturated carbocycles. The Morgan fingerprint density at radius 1 is 1.03 bits per heavy atom. The molecule has 0 unspecified atom stereocenters. The normalized spacial score (nSPS) is 14.5. The summed E-state index contributed by atoms with van der Waals surface area (Å²) in [6, 6.07) is 19.1. The smallest absolute Gasteiger partial charge is 0.303 e. The molecule has 1 aliphatic carbocycles. The molecule has 6 heteroatoms. The van der Waals surface area contributed by atoms with Crippen LogP contribution in [-0.2, 0) is 15.0 Å². The molecule has 5 nitrogen and oxygen atoms in total. The predicted octanol–water partition coefficient (Wildman–Crippen LogP) is 6.09. The molecule has 0 atom stereocenters. The molecule has 1 amide bonds. The highest BCUT2D eigenvalue weighted by Crippen LogP contribution is 2.49. The van der Waals surface area contributed by atoms with Crippen LogP contribution in [0.5, 0.6) is 0 Å². The average Bonchev–Trinajstić information content (AvgIpc) is 3.63. The minimum atomic E-state index is -0.793. The van der Waals surface area contributed by atoms with Crippen molar-refractivity contribution in [3.05, 3.63) is 101 Å². The van der Waals surface area contributed by atoms with E-state index < -0.39 is 11.4 Å². The summed E-state index contributed by atoms with van der Waals surface area (Å²) in [6.45, 7) is 0. The largest absolute Gasteiger partial charge is 0.481 e. The summed E-state index contributed by atoms with van der Waals surface area (Å²) in [7, 11) is 0. The van der Waals surface area contributed by atoms with Crippen molar-refractivity contribution < 1.29 is 14.7 Å². The van der Waals surface area contributed by atoms with Gasteiger partial charge in [-0.05, 0) is 72.7 Å². The van der Waals surface area contributed by atoms with Gasteiger partial charge in [0.2, 0.25) is 5.91 Å². The van der Waals surface area contributed by atoms with Crippen molar-refractivity contribution >= 4 is 34.7 Å². The summed E-state index contributed by atoms with van der Waals surface area (Å²) >= 11 is 5.99. The third-order valence-electron chi connectivity index (χ3n) is 5.95. The van der Waals surface area contributed by atoms with Crippen molar-refractivity contribution in [3.63, 3.8) is 0 Å². The Balaban J connectivity index is 1.49. The highest BCUT2D eigenvalue weighted by Gasteiger charge is 2.51. The molecule has 0 aliphatic heterocycles. The van der Waals surface area contributed by atoms with Crippen LogP contribution in [-0.4, -0.2) is 22.0 Å². The van der Waals surface area contributed by atoms with Gasteiger partial charge in [-0.15, -0.1) is 0 Å². The Morgan fingerprint density at radius 2 is 1.76 bits per heavy atom. The topological polar surface area (TPSA) is 79.3 Å². The third-order valence-corrected chi connectivity index (χ3v) is 6.20. The molecule has 1 aliphatic rings. The summed E-state index contributed by atoms with van der Waals surface area (Å²) in [5, 5.41) is 12.6. The van der Waals surface area contributed by atoms with Gasteiger partial charge in [0.15, 0.2) is 0 Å². The Labute approximate surface area is 198 Å². The molecule has 0 bridgehead atoms. The Morgan fingerprint density at radius 3 is 2.36 bits per heavy atom. The van der Waals surface area contributed by atoms with Gasteiger partial charge < -0.3 is 10.4 Å². The number of rotatable bonds is 9. The van der Waals surface area contributed by atoms with Gasteiger partial charge >= 0.3 is 5.97 Å². The zero-order chi connectivity index (χ0) is 23.3. The maximum Gasteiger partial charge on any atom is 0.303 e. The highest BCUT2D eigenvalue weighted by atomic mass is 35.5. The molecule has 4 rings (SSSR count). The zero-order valence-electron chi connectivity index (χ0n) is 18.1. The molecule has 2 N–H and O–H groups in total. The van der Waals surface area contributed by atoms with Gasteiger partial charge in [-0.3, -0.25) is 14.6 Å². The number of carboxylic acids is 1. The van der Waals surface area contributed by atoms with Crippen molar-refractivity contribution in [2.24, 2.45) is 0 Å². The average molecular weight is 461 g/mol. The van der Waals surface area contributed by atoms with Gasteiger partial charge in [0, 0.05) is 35.1 Å². The number of halogens is 1. The minimum absolute atomic E-state index is 0.00531. The maximum absolute atomic E-state index is 13.0. The number of carbonyl (C=O) groups excluding carboxylic acids is 1. The van der Waals surface area contributed by atoms with Gasteiger partial charge in [0.1, 0.15) is 0 Å². The zero-order valence-corrected chi connectivity index (χ0v) is 18.9. The van der Waals surface area contributed by atoms with Crippen LogP contribution in [0.2, 0.25) is 5.02 Å². The third kappa shape index (κ3) is 5.49. The molecule has 168 valence electrons. The first-order chi connectivity index (χ1) is 16.0. The molecule has 3 aromatic rings. The van der Waals surface area contributed by atoms with Gasteiger partial charge in [-0.1, -0.05) is 48.0 Å². The standard InChI is InChI=1S/C27H25ClN2O3/c28-22-11-9-21(10-12-22)27(15-16-27)26(33)30-23-13-7-19(8-14-23)24(5-1-2-6-25(31)32)20-4-3-17-29-18-20/h3-5,7-14,17-18H,1-2,6,15-16H2,(H,30,33)(H,31,32). The fourth-order valence-corrected chi connectivity index (χ4v) is 4.07. The number of carbonyl (C=O) groups is 2. The molecular weight excluding hydrogens is 436 g/mol. The van der Waals surface area contributed by atoms with Gasteiger partial charge in [-0.2, -0.15) is 0 Å². The lowest BCUT2D eigenvalue weighted by molar-refractivity contribution is -0.137. The summed E-state index contributed by atoms with van der Waals surface area (Å²) in [4.78, 5) is 28.1. The number of benzene rings is 2. The molecule has 1 heterocycles. The maximum atomic E-state index is 13.0. The number of nitrogens with zero attached hydrogens (tertiary/aromatic N) is 1. The van der Waals surface area contributed by atoms with E-state index in [4.69, 9.17) is 16.7 Å². The van der Waals surface area contributed by atoms with Crippen molar-refractivity contribution in [1.82, 2.24) is 4.98 Å². The lowest BCUT2D eigenvalue weighted by Gasteiger charge is -2.16. The second kappa shape index (κ2) is 10.0. The predicted molar refractivity (Wildman–Crippen MR) is 130 cm³/mol. The number of aliphatic carboxylic acids is 1. The Bertz CT molecular complexity index is 1150. The number of anilines is 1. The minimum Gasteiger partial charge on any atom is -0.481 e. The van der Waals surface area contributed by atoms with Crippen molar-refractivity contribution in [1.29, 1.82) is 0 Å². The van der Waals surface area contributed by atoms with E-state index in [1.54, 1.807) is 12.4 Å². The number of carboxylic acid groups (broad SMARTS) is 1. The highest BCUT2D eigenvalue weighted by molar-refractivity contribution is 6.30. The second-order valence-electron chi connectivity index (χ2n) is 8.27. The van der Waals surface area contributed by atoms with Crippen LogP contribution < -0.4 is 5.32 Å². The van der Waals surface area contributed by atoms with E-state index in [2.05, 4.69) is 10.3 Å². The molecular formula is C27H25ClN2O3. The fraction of sp³-hybridized carbons (Fsp3) is 0.222. The fourth-order valence-electron chi connectivity index (χ4n) is 3.95. The molecule has 1 fully saturated rings. The molecule has 2 aromatic carbocycles. The summed E-state index contributed by atoms with van der Waals surface area (Å²) < 4.78 is 0. The van der Waals surface area contributed by atoms with Gasteiger partial charge in [-0.25, -0.2) is 0 Å². The number of unbranched alkanes of at least 4 members (excludes halogenated alkanes) is 1. The van der Waals surface area contributed by atoms with Gasteiger partial charge in [0.25, 0.3) is 0 Å². The quantitative estimate of drug-likeness (QED) is 0.378. The molecule has 1 aromatic heterocycles. The van der Waals surface area contributed by atoms with E-state index in [9.17, 15) is 9.59 Å². The van der Waals surface area contributed by atoms with E-state index in [1.807, 2.05) is 66.7 Å². The monoisotopic (exact) mass is 460 g/mol. The number of hydrogen-bond acceptors (Lipinski definition) is 3. The second-order valence-corrected chi connectivity index (χ2v) is 8.70. The van der Waals surface area contributed by atoms with Crippen LogP contribution in [0, 0.1) is 0 Å². The Kier molecular flexibility index (Phi) is 6.90. The van der Waals surface area contributed by atoms with Crippen LogP contribution in [0.1, 0.15) is 48.8 Å². The van der Waals surface area contributed by atoms with Gasteiger partial charge in [0.05, 0.1) is 5.41 Å². The molecule has 0 saturated heterocycles. The van der Waals surface area contributed by atoms with E-state index >= 15 is 0 Å². The number of hydrogen-bond donors (Lipinski definition) is 2. The number of nitrogens with one attached hydrogen (secondary N) is 1. The van der Waals surface area contributed by atoms with E-state index in [1.165, 1.54) is 0 Å². The van der Waals surface area contributed by atoms with E-state index in [0.717, 1.165) is 40.8 Å². The molecule has 33 heavy (non-hydrogen) atoms. The van der Waals surface area contributed by atoms with E-state index in [-0.39, 0.29) is 12.3 Å². The number of allylic oxidation sites excluding steroid dienone is 1. The number of pyridine rings is 1. The number of amides is 1. The van der Waals surface area contributed by atoms with Crippen LogP contribution in [0.25, 0.3) is 5.57 Å². The summed E-state index contributed by atoms with van der Waals surface area (Å²) in [5.74, 6) is -0.798. The number of aromatic nitrogens is 1. The first-order valence-corrected chi connectivity index (χ1v) is 11.4. The van der Waals surface area contributed by atoms with E-state index in [0.29, 0.717) is 17.9 Å². The molecule has 0 radical (unpaired) electrons. The van der Waals surface area contributed by atoms with Crippen molar-refractivity contribution in [2.45, 2.75) is 37.5 Å². The first-order valence-electron chi connectivity index (χ1n) is 11.0. The Hall–Kier alpha value is -3.44. The van der Waals surface area contributed by atoms with Crippen molar-refractivity contribution in [2.75, 3.05) is 5.32 Å². The van der Waals surface area contributed by atoms with Crippen LogP contribution in [0.15, 0.2) is 79.1 Å².